The first kappa shape index (κ1) is 32.9. The lowest BCUT2D eigenvalue weighted by Gasteiger charge is -2.24. The molecule has 1 aliphatic carbocycles. The van der Waals surface area contributed by atoms with Gasteiger partial charge in [0.25, 0.3) is 17.7 Å². The monoisotopic (exact) mass is 614 g/mol. The highest BCUT2D eigenvalue weighted by Gasteiger charge is 2.33. The van der Waals surface area contributed by atoms with Crippen LogP contribution in [0.4, 0.5) is 11.4 Å². The molecule has 0 saturated heterocycles. The molecule has 0 atom stereocenters. The molecular formula is C34H38N4O7. The summed E-state index contributed by atoms with van der Waals surface area (Å²) in [6.45, 7) is 3.38. The average molecular weight is 615 g/mol. The van der Waals surface area contributed by atoms with Gasteiger partial charge in [-0.1, -0.05) is 25.0 Å². The van der Waals surface area contributed by atoms with Crippen LogP contribution < -0.4 is 21.1 Å². The molecule has 3 aromatic carbocycles. The minimum Gasteiger partial charge on any atom is -0.482 e. The number of unbranched alkanes of at least 4 members (excludes halogenated alkanes) is 3. The summed E-state index contributed by atoms with van der Waals surface area (Å²) in [5, 5.41) is 5.59. The predicted octanol–water partition coefficient (Wildman–Crippen LogP) is 4.57. The average Bonchev–Trinajstić information content (AvgIpc) is 3.92. The van der Waals surface area contributed by atoms with Gasteiger partial charge in [0.15, 0.2) is 6.61 Å². The number of benzene rings is 3. The van der Waals surface area contributed by atoms with Crippen molar-refractivity contribution in [1.29, 1.82) is 0 Å². The molecule has 1 fully saturated rings. The van der Waals surface area contributed by atoms with E-state index in [4.69, 9.17) is 20.0 Å². The van der Waals surface area contributed by atoms with Crippen LogP contribution in [0, 0.1) is 0 Å². The highest BCUT2D eigenvalue weighted by molar-refractivity contribution is 6.04. The Morgan fingerprint density at radius 2 is 1.58 bits per heavy atom. The van der Waals surface area contributed by atoms with Gasteiger partial charge in [-0.25, -0.2) is 4.79 Å². The second-order valence-corrected chi connectivity index (χ2v) is 10.8. The molecular weight excluding hydrogens is 576 g/mol. The van der Waals surface area contributed by atoms with E-state index in [0.29, 0.717) is 53.5 Å². The molecule has 1 aliphatic heterocycles. The number of hydrogen-bond acceptors (Lipinski definition) is 8. The lowest BCUT2D eigenvalue weighted by Crippen LogP contribution is -2.33. The quantitative estimate of drug-likeness (QED) is 0.187. The Kier molecular flexibility index (Phi) is 11.8. The van der Waals surface area contributed by atoms with Gasteiger partial charge in [-0.05, 0) is 92.4 Å². The number of nitrogens with one attached hydrogen (secondary N) is 2. The summed E-state index contributed by atoms with van der Waals surface area (Å²) in [5.74, 6) is -0.521. The van der Waals surface area contributed by atoms with Crippen LogP contribution in [0.5, 0.6) is 5.75 Å². The number of carbonyl (C=O) groups is 5. The van der Waals surface area contributed by atoms with Crippen LogP contribution in [0.25, 0.3) is 0 Å². The van der Waals surface area contributed by atoms with E-state index in [2.05, 4.69) is 10.6 Å². The Bertz CT molecular complexity index is 1490. The highest BCUT2D eigenvalue weighted by atomic mass is 16.5. The summed E-state index contributed by atoms with van der Waals surface area (Å²) >= 11 is 0. The van der Waals surface area contributed by atoms with Gasteiger partial charge < -0.3 is 35.5 Å². The number of fused-ring (bicyclic) bond motifs is 1. The number of amides is 3. The molecule has 5 rings (SSSR count). The van der Waals surface area contributed by atoms with Crippen LogP contribution in [0.2, 0.25) is 0 Å². The molecule has 0 unspecified atom stereocenters. The van der Waals surface area contributed by atoms with Crippen LogP contribution in [-0.2, 0) is 20.9 Å². The van der Waals surface area contributed by atoms with E-state index in [1.165, 1.54) is 0 Å². The highest BCUT2D eigenvalue weighted by Crippen LogP contribution is 2.33. The Balaban J connectivity index is 0.00000226. The number of hydrogen-bond donors (Lipinski definition) is 3. The largest absolute Gasteiger partial charge is 0.482 e. The summed E-state index contributed by atoms with van der Waals surface area (Å²) < 4.78 is 10.8. The predicted molar refractivity (Wildman–Crippen MR) is 169 cm³/mol. The van der Waals surface area contributed by atoms with E-state index in [0.717, 1.165) is 44.1 Å². The van der Waals surface area contributed by atoms with Crippen molar-refractivity contribution in [3.05, 3.63) is 89.0 Å². The number of rotatable bonds is 13. The lowest BCUT2D eigenvalue weighted by molar-refractivity contribution is -0.118. The molecule has 11 heteroatoms. The zero-order valence-corrected chi connectivity index (χ0v) is 25.1. The van der Waals surface area contributed by atoms with Crippen LogP contribution in [0.1, 0.15) is 75.2 Å². The van der Waals surface area contributed by atoms with E-state index in [-0.39, 0.29) is 36.3 Å². The molecule has 45 heavy (non-hydrogen) atoms. The minimum absolute atomic E-state index is 0.0760. The number of nitrogens with zero attached hydrogens (tertiary/aromatic N) is 1. The van der Waals surface area contributed by atoms with E-state index in [9.17, 15) is 19.2 Å². The number of carbonyl (C=O) groups excluding carboxylic acids is 5. The summed E-state index contributed by atoms with van der Waals surface area (Å²) in [6.07, 6.45) is 5.66. The molecule has 3 amide bonds. The van der Waals surface area contributed by atoms with Gasteiger partial charge >= 0.3 is 5.97 Å². The van der Waals surface area contributed by atoms with Crippen molar-refractivity contribution in [2.45, 2.75) is 51.1 Å². The molecule has 3 aromatic rings. The number of nitrogens with two attached hydrogens (primary N) is 1. The van der Waals surface area contributed by atoms with E-state index in [1.807, 2.05) is 23.8 Å². The third-order valence-corrected chi connectivity index (χ3v) is 7.39. The SMILES string of the molecule is C=O.NCCCCCCOC(=O)c1ccc(NC(=O)c2ccc(CN(C(=O)c3ccc4c(c3)OCC(=O)N4)C3CC3)cc2)cc1. The van der Waals surface area contributed by atoms with Gasteiger partial charge in [-0.15, -0.1) is 0 Å². The van der Waals surface area contributed by atoms with Crippen molar-refractivity contribution in [1.82, 2.24) is 4.90 Å². The van der Waals surface area contributed by atoms with Crippen LogP contribution in [0.3, 0.4) is 0 Å². The fraction of sp³-hybridized carbons (Fsp3) is 0.324. The molecule has 11 nitrogen and oxygen atoms in total. The van der Waals surface area contributed by atoms with E-state index >= 15 is 0 Å². The molecule has 4 N–H and O–H groups in total. The third kappa shape index (κ3) is 9.23. The molecule has 0 aromatic heterocycles. The summed E-state index contributed by atoms with van der Waals surface area (Å²) in [4.78, 5) is 59.9. The van der Waals surface area contributed by atoms with Crippen molar-refractivity contribution >= 4 is 41.9 Å². The summed E-state index contributed by atoms with van der Waals surface area (Å²) in [6, 6.07) is 19.0. The smallest absolute Gasteiger partial charge is 0.338 e. The maximum absolute atomic E-state index is 13.4. The van der Waals surface area contributed by atoms with Crippen molar-refractivity contribution < 1.29 is 33.4 Å². The van der Waals surface area contributed by atoms with Gasteiger partial charge in [0.1, 0.15) is 12.5 Å². The Labute approximate surface area is 262 Å². The number of anilines is 2. The molecule has 0 bridgehead atoms. The zero-order valence-electron chi connectivity index (χ0n) is 25.1. The fourth-order valence-corrected chi connectivity index (χ4v) is 4.83. The first-order chi connectivity index (χ1) is 21.9. The fourth-order valence-electron chi connectivity index (χ4n) is 4.83. The third-order valence-electron chi connectivity index (χ3n) is 7.39. The molecule has 0 spiro atoms. The molecule has 0 radical (unpaired) electrons. The summed E-state index contributed by atoms with van der Waals surface area (Å²) in [7, 11) is 0. The van der Waals surface area contributed by atoms with Crippen LogP contribution >= 0.6 is 0 Å². The zero-order chi connectivity index (χ0) is 32.2. The van der Waals surface area contributed by atoms with E-state index in [1.54, 1.807) is 54.6 Å². The minimum atomic E-state index is -0.389. The van der Waals surface area contributed by atoms with Gasteiger partial charge in [-0.3, -0.25) is 14.4 Å². The Morgan fingerprint density at radius 1 is 0.911 bits per heavy atom. The topological polar surface area (TPSA) is 157 Å². The molecule has 236 valence electrons. The molecule has 1 heterocycles. The first-order valence-electron chi connectivity index (χ1n) is 15.0. The van der Waals surface area contributed by atoms with E-state index < -0.39 is 0 Å². The second kappa shape index (κ2) is 16.2. The van der Waals surface area contributed by atoms with Gasteiger partial charge in [-0.2, -0.15) is 0 Å². The van der Waals surface area contributed by atoms with Crippen molar-refractivity contribution in [3.8, 4) is 5.75 Å². The first-order valence-corrected chi connectivity index (χ1v) is 15.0. The lowest BCUT2D eigenvalue weighted by atomic mass is 10.1. The van der Waals surface area contributed by atoms with Crippen molar-refractivity contribution in [3.63, 3.8) is 0 Å². The maximum atomic E-state index is 13.4. The Morgan fingerprint density at radius 3 is 2.27 bits per heavy atom. The second-order valence-electron chi connectivity index (χ2n) is 10.8. The van der Waals surface area contributed by atoms with Crippen LogP contribution in [0.15, 0.2) is 66.7 Å². The maximum Gasteiger partial charge on any atom is 0.338 e. The van der Waals surface area contributed by atoms with Crippen molar-refractivity contribution in [2.75, 3.05) is 30.4 Å². The normalized spacial score (nSPS) is 13.2. The molecule has 1 saturated carbocycles. The summed E-state index contributed by atoms with van der Waals surface area (Å²) in [5.41, 5.74) is 8.90. The van der Waals surface area contributed by atoms with Crippen LogP contribution in [-0.4, -0.2) is 61.2 Å². The Hall–Kier alpha value is -5.03. The molecule has 2 aliphatic rings. The standard InChI is InChI=1S/C33H36N4O6.CH2O/c34-17-3-1-2-4-18-42-33(41)24-9-12-26(13-10-24)35-31(39)23-7-5-22(6-8-23)20-37(27-14-15-27)32(40)25-11-16-28-29(19-25)43-21-30(38)36-28;1-2/h5-13,16,19,27H,1-4,14-15,17-18,20-21,34H2,(H,35,39)(H,36,38);1H2. The van der Waals surface area contributed by atoms with Gasteiger partial charge in [0.05, 0.1) is 17.9 Å². The van der Waals surface area contributed by atoms with Crippen molar-refractivity contribution in [2.24, 2.45) is 5.73 Å². The van der Waals surface area contributed by atoms with Gasteiger partial charge in [0.2, 0.25) is 0 Å². The van der Waals surface area contributed by atoms with Gasteiger partial charge in [0, 0.05) is 29.4 Å². The number of esters is 1. The number of ether oxygens (including phenoxy) is 2.